The van der Waals surface area contributed by atoms with Gasteiger partial charge in [0, 0.05) is 7.11 Å². The Kier molecular flexibility index (Phi) is 5.44. The first kappa shape index (κ1) is 11.9. The molecule has 1 unspecified atom stereocenters. The Hall–Kier alpha value is -0.130. The molecule has 0 rings (SSSR count). The summed E-state index contributed by atoms with van der Waals surface area (Å²) >= 11 is 0. The molecule has 0 aliphatic carbocycles. The zero-order chi connectivity index (χ0) is 9.61. The number of hydrogen-bond donors (Lipinski definition) is 0. The van der Waals surface area contributed by atoms with E-state index in [1.807, 2.05) is 6.92 Å². The molecule has 0 heterocycles. The van der Waals surface area contributed by atoms with Crippen LogP contribution in [0.4, 0.5) is 0 Å². The quantitative estimate of drug-likeness (QED) is 0.472. The van der Waals surface area contributed by atoms with Crippen molar-refractivity contribution in [1.29, 1.82) is 0 Å². The highest BCUT2D eigenvalue weighted by atomic mass is 32.2. The number of ether oxygens (including phenoxy) is 1. The van der Waals surface area contributed by atoms with E-state index in [9.17, 15) is 8.42 Å². The first-order chi connectivity index (χ1) is 5.52. The monoisotopic (exact) mass is 196 g/mol. The summed E-state index contributed by atoms with van der Waals surface area (Å²) in [5.41, 5.74) is 0. The van der Waals surface area contributed by atoms with Crippen LogP contribution in [0, 0.1) is 0 Å². The van der Waals surface area contributed by atoms with Crippen LogP contribution in [0.5, 0.6) is 0 Å². The fraction of sp³-hybridized carbons (Fsp3) is 1.00. The van der Waals surface area contributed by atoms with Gasteiger partial charge in [-0.2, -0.15) is 8.42 Å². The lowest BCUT2D eigenvalue weighted by atomic mass is 10.4. The van der Waals surface area contributed by atoms with Gasteiger partial charge in [-0.1, -0.05) is 13.3 Å². The SMILES string of the molecule is CCCCS(=O)(=O)OC(C)OC. The molecule has 0 aliphatic rings. The first-order valence-corrected chi connectivity index (χ1v) is 5.53. The lowest BCUT2D eigenvalue weighted by molar-refractivity contribution is -0.0336. The smallest absolute Gasteiger partial charge is 0.269 e. The van der Waals surface area contributed by atoms with Crippen LogP contribution >= 0.6 is 0 Å². The van der Waals surface area contributed by atoms with Crippen molar-refractivity contribution in [2.24, 2.45) is 0 Å². The second-order valence-electron chi connectivity index (χ2n) is 2.51. The summed E-state index contributed by atoms with van der Waals surface area (Å²) in [5.74, 6) is 0.0667. The lowest BCUT2D eigenvalue weighted by Gasteiger charge is -2.10. The van der Waals surface area contributed by atoms with Crippen LogP contribution in [0.25, 0.3) is 0 Å². The molecule has 0 aromatic heterocycles. The maximum absolute atomic E-state index is 11.1. The number of hydrogen-bond acceptors (Lipinski definition) is 4. The minimum atomic E-state index is -3.38. The molecule has 0 bridgehead atoms. The summed E-state index contributed by atoms with van der Waals surface area (Å²) in [5, 5.41) is 0. The molecule has 0 radical (unpaired) electrons. The number of rotatable bonds is 6. The van der Waals surface area contributed by atoms with E-state index in [2.05, 4.69) is 8.92 Å². The van der Waals surface area contributed by atoms with Crippen molar-refractivity contribution >= 4 is 10.1 Å². The molecule has 0 N–H and O–H groups in total. The Balaban J connectivity index is 3.88. The van der Waals surface area contributed by atoms with Crippen molar-refractivity contribution in [1.82, 2.24) is 0 Å². The van der Waals surface area contributed by atoms with Gasteiger partial charge >= 0.3 is 0 Å². The topological polar surface area (TPSA) is 52.6 Å². The van der Waals surface area contributed by atoms with E-state index in [0.29, 0.717) is 6.42 Å². The third kappa shape index (κ3) is 5.51. The average Bonchev–Trinajstić information content (AvgIpc) is 2.00. The van der Waals surface area contributed by atoms with Gasteiger partial charge in [0.25, 0.3) is 10.1 Å². The highest BCUT2D eigenvalue weighted by Crippen LogP contribution is 2.03. The zero-order valence-electron chi connectivity index (χ0n) is 7.74. The Bertz CT molecular complexity index is 197. The largest absolute Gasteiger partial charge is 0.355 e. The summed E-state index contributed by atoms with van der Waals surface area (Å²) in [4.78, 5) is 0. The molecule has 1 atom stereocenters. The van der Waals surface area contributed by atoms with Crippen LogP contribution in [0.1, 0.15) is 26.7 Å². The number of unbranched alkanes of at least 4 members (excludes halogenated alkanes) is 1. The van der Waals surface area contributed by atoms with Crippen LogP contribution in [-0.4, -0.2) is 27.6 Å². The van der Waals surface area contributed by atoms with E-state index < -0.39 is 16.4 Å². The van der Waals surface area contributed by atoms with Gasteiger partial charge in [0.2, 0.25) is 0 Å². The minimum absolute atomic E-state index is 0.0667. The molecule has 12 heavy (non-hydrogen) atoms. The molecule has 0 fully saturated rings. The summed E-state index contributed by atoms with van der Waals surface area (Å²) in [6, 6.07) is 0. The van der Waals surface area contributed by atoms with E-state index in [-0.39, 0.29) is 5.75 Å². The summed E-state index contributed by atoms with van der Waals surface area (Å²) < 4.78 is 31.4. The molecule has 5 heteroatoms. The third-order valence-electron chi connectivity index (χ3n) is 1.36. The van der Waals surface area contributed by atoms with Gasteiger partial charge in [0.15, 0.2) is 6.29 Å². The third-order valence-corrected chi connectivity index (χ3v) is 2.71. The maximum Gasteiger partial charge on any atom is 0.269 e. The highest BCUT2D eigenvalue weighted by Gasteiger charge is 2.14. The minimum Gasteiger partial charge on any atom is -0.355 e. The van der Waals surface area contributed by atoms with Crippen molar-refractivity contribution in [2.75, 3.05) is 12.9 Å². The standard InChI is InChI=1S/C7H16O4S/c1-4-5-6-12(8,9)11-7(2)10-3/h7H,4-6H2,1-3H3. The van der Waals surface area contributed by atoms with Gasteiger partial charge in [0.1, 0.15) is 0 Å². The molecular weight excluding hydrogens is 180 g/mol. The molecule has 4 nitrogen and oxygen atoms in total. The van der Waals surface area contributed by atoms with Crippen molar-refractivity contribution in [2.45, 2.75) is 33.0 Å². The van der Waals surface area contributed by atoms with Gasteiger partial charge < -0.3 is 4.74 Å². The molecule has 0 aromatic rings. The van der Waals surface area contributed by atoms with Crippen LogP contribution < -0.4 is 0 Å². The van der Waals surface area contributed by atoms with Crippen LogP contribution in [-0.2, 0) is 19.0 Å². The van der Waals surface area contributed by atoms with Crippen molar-refractivity contribution in [3.63, 3.8) is 0 Å². The summed E-state index contributed by atoms with van der Waals surface area (Å²) in [7, 11) is -1.98. The van der Waals surface area contributed by atoms with Crippen LogP contribution in [0.3, 0.4) is 0 Å². The molecule has 0 spiro atoms. The van der Waals surface area contributed by atoms with Crippen LogP contribution in [0.2, 0.25) is 0 Å². The zero-order valence-corrected chi connectivity index (χ0v) is 8.56. The molecule has 0 aliphatic heterocycles. The lowest BCUT2D eigenvalue weighted by Crippen LogP contribution is -2.19. The summed E-state index contributed by atoms with van der Waals surface area (Å²) in [6.45, 7) is 3.47. The molecule has 74 valence electrons. The maximum atomic E-state index is 11.1. The van der Waals surface area contributed by atoms with Gasteiger partial charge in [-0.3, -0.25) is 0 Å². The molecule has 0 saturated heterocycles. The Morgan fingerprint density at radius 2 is 2.00 bits per heavy atom. The Morgan fingerprint density at radius 1 is 1.42 bits per heavy atom. The predicted octanol–water partition coefficient (Wildman–Crippen LogP) is 1.13. The van der Waals surface area contributed by atoms with Gasteiger partial charge in [-0.25, -0.2) is 4.18 Å². The normalized spacial score (nSPS) is 14.6. The molecule has 0 saturated carbocycles. The van der Waals surface area contributed by atoms with E-state index in [0.717, 1.165) is 6.42 Å². The fourth-order valence-corrected chi connectivity index (χ4v) is 1.84. The van der Waals surface area contributed by atoms with E-state index in [4.69, 9.17) is 0 Å². The Morgan fingerprint density at radius 3 is 2.42 bits per heavy atom. The van der Waals surface area contributed by atoms with E-state index >= 15 is 0 Å². The highest BCUT2D eigenvalue weighted by molar-refractivity contribution is 7.86. The van der Waals surface area contributed by atoms with Gasteiger partial charge in [-0.05, 0) is 13.3 Å². The first-order valence-electron chi connectivity index (χ1n) is 3.95. The Labute approximate surface area is 74.0 Å². The van der Waals surface area contributed by atoms with Crippen molar-refractivity contribution < 1.29 is 17.3 Å². The summed E-state index contributed by atoms with van der Waals surface area (Å²) in [6.07, 6.45) is 0.773. The predicted molar refractivity (Wildman–Crippen MR) is 46.3 cm³/mol. The van der Waals surface area contributed by atoms with Gasteiger partial charge in [-0.15, -0.1) is 0 Å². The fourth-order valence-electron chi connectivity index (χ4n) is 0.615. The van der Waals surface area contributed by atoms with Crippen molar-refractivity contribution in [3.8, 4) is 0 Å². The second kappa shape index (κ2) is 5.50. The molecule has 0 amide bonds. The molecule has 0 aromatic carbocycles. The number of methoxy groups -OCH3 is 1. The van der Waals surface area contributed by atoms with Crippen LogP contribution in [0.15, 0.2) is 0 Å². The second-order valence-corrected chi connectivity index (χ2v) is 4.23. The van der Waals surface area contributed by atoms with Gasteiger partial charge in [0.05, 0.1) is 5.75 Å². The molecular formula is C7H16O4S. The van der Waals surface area contributed by atoms with E-state index in [1.54, 1.807) is 6.92 Å². The van der Waals surface area contributed by atoms with Crippen molar-refractivity contribution in [3.05, 3.63) is 0 Å². The average molecular weight is 196 g/mol. The van der Waals surface area contributed by atoms with E-state index in [1.165, 1.54) is 7.11 Å².